The molecule has 0 aromatic carbocycles. The van der Waals surface area contributed by atoms with Gasteiger partial charge in [-0.05, 0) is 19.3 Å². The molecule has 1 aliphatic carbocycles. The molecule has 2 aliphatic rings. The fourth-order valence-corrected chi connectivity index (χ4v) is 1.50. The molecule has 0 unspecified atom stereocenters. The number of nitrogens with zero attached hydrogens (tertiary/aromatic N) is 1. The summed E-state index contributed by atoms with van der Waals surface area (Å²) < 4.78 is 0. The third-order valence-corrected chi connectivity index (χ3v) is 2.53. The lowest BCUT2D eigenvalue weighted by Crippen LogP contribution is -2.40. The summed E-state index contributed by atoms with van der Waals surface area (Å²) in [5.74, 6) is 0.247. The van der Waals surface area contributed by atoms with Crippen LogP contribution in [0.2, 0.25) is 0 Å². The van der Waals surface area contributed by atoms with E-state index in [0.29, 0.717) is 12.6 Å². The van der Waals surface area contributed by atoms with E-state index in [4.69, 9.17) is 0 Å². The van der Waals surface area contributed by atoms with Crippen LogP contribution in [0.4, 0.5) is 0 Å². The highest BCUT2D eigenvalue weighted by Gasteiger charge is 2.22. The van der Waals surface area contributed by atoms with Crippen LogP contribution in [0.1, 0.15) is 19.3 Å². The number of carbonyl (C=O) groups is 1. The first-order chi connectivity index (χ1) is 6.36. The van der Waals surface area contributed by atoms with Crippen LogP contribution < -0.4 is 5.32 Å². The van der Waals surface area contributed by atoms with Crippen molar-refractivity contribution in [1.82, 2.24) is 10.2 Å². The van der Waals surface area contributed by atoms with Crippen LogP contribution in [-0.4, -0.2) is 36.5 Å². The van der Waals surface area contributed by atoms with Gasteiger partial charge < -0.3 is 10.2 Å². The van der Waals surface area contributed by atoms with Crippen LogP contribution >= 0.6 is 0 Å². The van der Waals surface area contributed by atoms with Gasteiger partial charge in [0.05, 0.1) is 6.54 Å². The molecule has 2 rings (SSSR count). The zero-order chi connectivity index (χ0) is 9.10. The third kappa shape index (κ3) is 2.56. The van der Waals surface area contributed by atoms with Gasteiger partial charge in [0.25, 0.3) is 0 Å². The summed E-state index contributed by atoms with van der Waals surface area (Å²) in [7, 11) is 0. The lowest BCUT2D eigenvalue weighted by atomic mass is 10.2. The van der Waals surface area contributed by atoms with Gasteiger partial charge in [0.1, 0.15) is 0 Å². The second kappa shape index (κ2) is 3.92. The first-order valence-electron chi connectivity index (χ1n) is 5.02. The van der Waals surface area contributed by atoms with Crippen LogP contribution in [0, 0.1) is 0 Å². The van der Waals surface area contributed by atoms with E-state index in [1.165, 1.54) is 12.8 Å². The van der Waals surface area contributed by atoms with E-state index in [1.807, 2.05) is 4.90 Å². The molecule has 1 heterocycles. The quantitative estimate of drug-likeness (QED) is 0.642. The van der Waals surface area contributed by atoms with E-state index in [9.17, 15) is 4.79 Å². The molecular formula is C10H16N2O. The molecule has 1 N–H and O–H groups in total. The summed E-state index contributed by atoms with van der Waals surface area (Å²) in [5.41, 5.74) is 0. The Morgan fingerprint density at radius 2 is 2.31 bits per heavy atom. The molecule has 1 fully saturated rings. The molecule has 0 atom stereocenters. The van der Waals surface area contributed by atoms with Crippen molar-refractivity contribution in [2.75, 3.05) is 19.6 Å². The van der Waals surface area contributed by atoms with E-state index in [1.54, 1.807) is 0 Å². The zero-order valence-corrected chi connectivity index (χ0v) is 7.83. The first-order valence-corrected chi connectivity index (χ1v) is 5.02. The Balaban J connectivity index is 1.71. The molecule has 0 aromatic heterocycles. The lowest BCUT2D eigenvalue weighted by molar-refractivity contribution is -0.129. The van der Waals surface area contributed by atoms with Crippen LogP contribution in [0.3, 0.4) is 0 Å². The molecule has 13 heavy (non-hydrogen) atoms. The second-order valence-corrected chi connectivity index (χ2v) is 3.76. The maximum Gasteiger partial charge on any atom is 0.236 e. The zero-order valence-electron chi connectivity index (χ0n) is 7.83. The predicted molar refractivity (Wildman–Crippen MR) is 51.4 cm³/mol. The highest BCUT2D eigenvalue weighted by Crippen LogP contribution is 2.18. The molecule has 1 aliphatic heterocycles. The molecule has 0 saturated heterocycles. The summed E-state index contributed by atoms with van der Waals surface area (Å²) in [5, 5.41) is 3.24. The van der Waals surface area contributed by atoms with Crippen LogP contribution in [0.5, 0.6) is 0 Å². The van der Waals surface area contributed by atoms with Gasteiger partial charge in [-0.1, -0.05) is 12.2 Å². The smallest absolute Gasteiger partial charge is 0.236 e. The number of amides is 1. The number of hydrogen-bond acceptors (Lipinski definition) is 2. The molecule has 1 amide bonds. The molecule has 0 aromatic rings. The minimum Gasteiger partial charge on any atom is -0.338 e. The standard InChI is InChI=1S/C10H16N2O/c13-10(8-11-9-4-5-9)12-6-2-1-3-7-12/h1-2,9,11H,3-8H2. The Morgan fingerprint density at radius 3 is 2.92 bits per heavy atom. The molecule has 3 heteroatoms. The van der Waals surface area contributed by atoms with Gasteiger partial charge in [0.15, 0.2) is 0 Å². The van der Waals surface area contributed by atoms with E-state index in [2.05, 4.69) is 17.5 Å². The SMILES string of the molecule is O=C(CNC1CC1)N1CC=CCC1. The number of hydrogen-bond donors (Lipinski definition) is 1. The maximum absolute atomic E-state index is 11.6. The first kappa shape index (κ1) is 8.75. The number of nitrogens with one attached hydrogen (secondary N) is 1. The van der Waals surface area contributed by atoms with Gasteiger partial charge in [-0.3, -0.25) is 4.79 Å². The molecule has 3 nitrogen and oxygen atoms in total. The van der Waals surface area contributed by atoms with Crippen LogP contribution in [-0.2, 0) is 4.79 Å². The topological polar surface area (TPSA) is 32.3 Å². The third-order valence-electron chi connectivity index (χ3n) is 2.53. The molecular weight excluding hydrogens is 164 g/mol. The molecule has 0 bridgehead atoms. The van der Waals surface area contributed by atoms with Gasteiger partial charge >= 0.3 is 0 Å². The Bertz CT molecular complexity index is 221. The van der Waals surface area contributed by atoms with Crippen molar-refractivity contribution < 1.29 is 4.79 Å². The Labute approximate surface area is 78.8 Å². The highest BCUT2D eigenvalue weighted by molar-refractivity contribution is 5.78. The maximum atomic E-state index is 11.6. The number of carbonyl (C=O) groups excluding carboxylic acids is 1. The van der Waals surface area contributed by atoms with Gasteiger partial charge in [-0.15, -0.1) is 0 Å². The minimum atomic E-state index is 0.247. The van der Waals surface area contributed by atoms with Crippen molar-refractivity contribution >= 4 is 5.91 Å². The normalized spacial score (nSPS) is 22.0. The van der Waals surface area contributed by atoms with Crippen LogP contribution in [0.25, 0.3) is 0 Å². The number of rotatable bonds is 3. The fourth-order valence-electron chi connectivity index (χ4n) is 1.50. The molecule has 72 valence electrons. The van der Waals surface area contributed by atoms with Gasteiger partial charge in [-0.2, -0.15) is 0 Å². The monoisotopic (exact) mass is 180 g/mol. The van der Waals surface area contributed by atoms with Crippen molar-refractivity contribution in [2.24, 2.45) is 0 Å². The largest absolute Gasteiger partial charge is 0.338 e. The summed E-state index contributed by atoms with van der Waals surface area (Å²) in [6.07, 6.45) is 7.70. The summed E-state index contributed by atoms with van der Waals surface area (Å²) in [4.78, 5) is 13.5. The summed E-state index contributed by atoms with van der Waals surface area (Å²) in [6, 6.07) is 0.629. The Hall–Kier alpha value is -0.830. The average Bonchev–Trinajstić information content (AvgIpc) is 2.99. The van der Waals surface area contributed by atoms with Gasteiger partial charge in [0, 0.05) is 19.1 Å². The van der Waals surface area contributed by atoms with E-state index >= 15 is 0 Å². The van der Waals surface area contributed by atoms with Crippen molar-refractivity contribution in [3.05, 3.63) is 12.2 Å². The average molecular weight is 180 g/mol. The van der Waals surface area contributed by atoms with E-state index in [0.717, 1.165) is 19.5 Å². The second-order valence-electron chi connectivity index (χ2n) is 3.76. The minimum absolute atomic E-state index is 0.247. The van der Waals surface area contributed by atoms with E-state index in [-0.39, 0.29) is 5.91 Å². The summed E-state index contributed by atoms with van der Waals surface area (Å²) >= 11 is 0. The summed E-state index contributed by atoms with van der Waals surface area (Å²) in [6.45, 7) is 2.21. The van der Waals surface area contributed by atoms with Crippen molar-refractivity contribution in [1.29, 1.82) is 0 Å². The molecule has 0 radical (unpaired) electrons. The predicted octanol–water partition coefficient (Wildman–Crippen LogP) is 0.527. The molecule has 1 saturated carbocycles. The van der Waals surface area contributed by atoms with E-state index < -0.39 is 0 Å². The Kier molecular flexibility index (Phi) is 2.64. The highest BCUT2D eigenvalue weighted by atomic mass is 16.2. The van der Waals surface area contributed by atoms with Crippen molar-refractivity contribution in [2.45, 2.75) is 25.3 Å². The van der Waals surface area contributed by atoms with Crippen LogP contribution in [0.15, 0.2) is 12.2 Å². The Morgan fingerprint density at radius 1 is 1.46 bits per heavy atom. The van der Waals surface area contributed by atoms with Gasteiger partial charge in [0.2, 0.25) is 5.91 Å². The van der Waals surface area contributed by atoms with Gasteiger partial charge in [-0.25, -0.2) is 0 Å². The fraction of sp³-hybridized carbons (Fsp3) is 0.700. The van der Waals surface area contributed by atoms with Crippen molar-refractivity contribution in [3.8, 4) is 0 Å². The molecule has 0 spiro atoms. The lowest BCUT2D eigenvalue weighted by Gasteiger charge is -2.23. The van der Waals surface area contributed by atoms with Crippen molar-refractivity contribution in [3.63, 3.8) is 0 Å².